The Morgan fingerprint density at radius 1 is 1.36 bits per heavy atom. The van der Waals surface area contributed by atoms with E-state index in [1.54, 1.807) is 0 Å². The Balaban J connectivity index is 1.78. The molecule has 0 heterocycles. The maximum atomic E-state index is 12.2. The molecule has 2 aliphatic rings. The lowest BCUT2D eigenvalue weighted by atomic mass is 9.99. The molecule has 0 saturated carbocycles. The van der Waals surface area contributed by atoms with Crippen molar-refractivity contribution < 1.29 is 9.53 Å². The number of thioether (sulfide) groups is 1. The molecular weight excluding hydrogens is 316 g/mol. The number of carbonyl (C=O) groups excluding carboxylic acids is 1. The Bertz CT molecular complexity index is 597. The molecule has 2 atom stereocenters. The van der Waals surface area contributed by atoms with Crippen LogP contribution in [0.4, 0.5) is 0 Å². The van der Waals surface area contributed by atoms with Gasteiger partial charge in [-0.05, 0) is 56.2 Å². The topological polar surface area (TPSA) is 26.3 Å². The van der Waals surface area contributed by atoms with E-state index in [9.17, 15) is 4.79 Å². The van der Waals surface area contributed by atoms with Crippen LogP contribution in [0, 0.1) is 0 Å². The summed E-state index contributed by atoms with van der Waals surface area (Å²) in [6.45, 7) is 2.29. The smallest absolute Gasteiger partial charge is 0.334 e. The maximum absolute atomic E-state index is 12.2. The molecule has 2 aliphatic carbocycles. The quantitative estimate of drug-likeness (QED) is 0.715. The predicted octanol–water partition coefficient (Wildman–Crippen LogP) is 5.10. The van der Waals surface area contributed by atoms with Crippen LogP contribution in [0.15, 0.2) is 29.8 Å². The molecule has 0 amide bonds. The van der Waals surface area contributed by atoms with Gasteiger partial charge in [0.05, 0.1) is 6.61 Å². The van der Waals surface area contributed by atoms with Crippen LogP contribution in [0.5, 0.6) is 0 Å². The van der Waals surface area contributed by atoms with Gasteiger partial charge in [-0.1, -0.05) is 29.8 Å². The van der Waals surface area contributed by atoms with Crippen molar-refractivity contribution in [2.45, 2.75) is 49.5 Å². The van der Waals surface area contributed by atoms with Gasteiger partial charge in [0.1, 0.15) is 0 Å². The van der Waals surface area contributed by atoms with E-state index in [-0.39, 0.29) is 11.2 Å². The number of hydrogen-bond donors (Lipinski definition) is 0. The molecule has 0 saturated heterocycles. The molecule has 1 aromatic rings. The van der Waals surface area contributed by atoms with Gasteiger partial charge >= 0.3 is 5.97 Å². The van der Waals surface area contributed by atoms with Crippen molar-refractivity contribution in [2.75, 3.05) is 6.61 Å². The summed E-state index contributed by atoms with van der Waals surface area (Å²) in [6.07, 6.45) is 7.43. The monoisotopic (exact) mass is 336 g/mol. The van der Waals surface area contributed by atoms with E-state index in [0.29, 0.717) is 11.9 Å². The van der Waals surface area contributed by atoms with Crippen LogP contribution >= 0.6 is 23.4 Å². The molecule has 2 nitrogen and oxygen atoms in total. The predicted molar refractivity (Wildman–Crippen MR) is 92.5 cm³/mol. The second-order valence-corrected chi connectivity index (χ2v) is 7.59. The molecule has 0 aromatic heterocycles. The second-order valence-electron chi connectivity index (χ2n) is 5.78. The number of esters is 1. The summed E-state index contributed by atoms with van der Waals surface area (Å²) in [5.41, 5.74) is 3.50. The lowest BCUT2D eigenvalue weighted by Gasteiger charge is -2.26. The van der Waals surface area contributed by atoms with Crippen molar-refractivity contribution in [1.29, 1.82) is 0 Å². The van der Waals surface area contributed by atoms with Crippen molar-refractivity contribution in [2.24, 2.45) is 0 Å². The Labute approximate surface area is 141 Å². The molecule has 3 rings (SSSR count). The number of allylic oxidation sites excluding steroid dienone is 1. The van der Waals surface area contributed by atoms with Crippen LogP contribution in [-0.4, -0.2) is 17.8 Å². The molecule has 0 fully saturated rings. The van der Waals surface area contributed by atoms with Gasteiger partial charge < -0.3 is 4.74 Å². The Morgan fingerprint density at radius 2 is 2.23 bits per heavy atom. The standard InChI is InChI=1S/C18H21ClO2S/c1-2-21-18(20)13-7-3-4-9-15(13)22-16-11-10-12-6-5-8-14(19)17(12)16/h5-8,15-16H,2-4,9-11H2,1H3/t15-,16+/m1/s1. The summed E-state index contributed by atoms with van der Waals surface area (Å²) in [7, 11) is 0. The van der Waals surface area contributed by atoms with E-state index in [0.717, 1.165) is 42.7 Å². The third kappa shape index (κ3) is 3.21. The Morgan fingerprint density at radius 3 is 3.05 bits per heavy atom. The molecule has 0 unspecified atom stereocenters. The third-order valence-corrected chi connectivity index (χ3v) is 6.31. The Hall–Kier alpha value is -0.930. The molecule has 0 aliphatic heterocycles. The molecule has 0 bridgehead atoms. The zero-order valence-electron chi connectivity index (χ0n) is 12.8. The second kappa shape index (κ2) is 7.10. The fourth-order valence-corrected chi connectivity index (χ4v) is 5.44. The van der Waals surface area contributed by atoms with Crippen LogP contribution in [0.2, 0.25) is 5.02 Å². The average molecular weight is 337 g/mol. The van der Waals surface area contributed by atoms with Crippen molar-refractivity contribution in [1.82, 2.24) is 0 Å². The fourth-order valence-electron chi connectivity index (χ4n) is 3.34. The van der Waals surface area contributed by atoms with E-state index < -0.39 is 0 Å². The van der Waals surface area contributed by atoms with Crippen LogP contribution < -0.4 is 0 Å². The van der Waals surface area contributed by atoms with Gasteiger partial charge in [-0.2, -0.15) is 0 Å². The van der Waals surface area contributed by atoms with Crippen LogP contribution in [0.1, 0.15) is 49.0 Å². The van der Waals surface area contributed by atoms with Crippen molar-refractivity contribution in [3.05, 3.63) is 46.0 Å². The Kier molecular flexibility index (Phi) is 5.14. The summed E-state index contributed by atoms with van der Waals surface area (Å²) in [4.78, 5) is 12.2. The summed E-state index contributed by atoms with van der Waals surface area (Å²) in [6, 6.07) is 6.17. The minimum atomic E-state index is -0.142. The first-order chi connectivity index (χ1) is 10.7. The zero-order valence-corrected chi connectivity index (χ0v) is 14.4. The van der Waals surface area contributed by atoms with Crippen LogP contribution in [-0.2, 0) is 16.0 Å². The molecule has 0 N–H and O–H groups in total. The molecule has 1 aromatic carbocycles. The molecule has 118 valence electrons. The summed E-state index contributed by atoms with van der Waals surface area (Å²) >= 11 is 8.30. The SMILES string of the molecule is CCOC(=O)C1=CCCC[C@H]1S[C@H]1CCc2cccc(Cl)c21. The molecule has 4 heteroatoms. The number of ether oxygens (including phenoxy) is 1. The number of hydrogen-bond acceptors (Lipinski definition) is 3. The van der Waals surface area contributed by atoms with Crippen LogP contribution in [0.3, 0.4) is 0 Å². The molecular formula is C18H21ClO2S. The van der Waals surface area contributed by atoms with E-state index >= 15 is 0 Å². The summed E-state index contributed by atoms with van der Waals surface area (Å²) < 4.78 is 5.22. The van der Waals surface area contributed by atoms with E-state index in [1.807, 2.05) is 30.8 Å². The average Bonchev–Trinajstić information content (AvgIpc) is 2.92. The highest BCUT2D eigenvalue weighted by Gasteiger charge is 2.32. The first-order valence-electron chi connectivity index (χ1n) is 8.00. The number of aryl methyl sites for hydroxylation is 1. The van der Waals surface area contributed by atoms with E-state index in [1.165, 1.54) is 11.1 Å². The van der Waals surface area contributed by atoms with Gasteiger partial charge in [0.25, 0.3) is 0 Å². The van der Waals surface area contributed by atoms with Crippen LogP contribution in [0.25, 0.3) is 0 Å². The van der Waals surface area contributed by atoms with E-state index in [4.69, 9.17) is 16.3 Å². The lowest BCUT2D eigenvalue weighted by Crippen LogP contribution is -2.21. The number of carbonyl (C=O) groups is 1. The minimum absolute atomic E-state index is 0.142. The molecule has 22 heavy (non-hydrogen) atoms. The third-order valence-electron chi connectivity index (χ3n) is 4.36. The number of halogens is 1. The van der Waals surface area contributed by atoms with Gasteiger partial charge in [-0.3, -0.25) is 0 Å². The normalized spacial score (nSPS) is 23.8. The first-order valence-corrected chi connectivity index (χ1v) is 9.32. The van der Waals surface area contributed by atoms with Gasteiger partial charge in [0, 0.05) is 21.1 Å². The van der Waals surface area contributed by atoms with Gasteiger partial charge in [0.15, 0.2) is 0 Å². The highest BCUT2D eigenvalue weighted by molar-refractivity contribution is 8.00. The fraction of sp³-hybridized carbons (Fsp3) is 0.500. The lowest BCUT2D eigenvalue weighted by molar-refractivity contribution is -0.138. The highest BCUT2D eigenvalue weighted by Crippen LogP contribution is 2.48. The van der Waals surface area contributed by atoms with Crippen molar-refractivity contribution in [3.8, 4) is 0 Å². The summed E-state index contributed by atoms with van der Waals surface area (Å²) in [5.74, 6) is -0.142. The van der Waals surface area contributed by atoms with Gasteiger partial charge in [-0.25, -0.2) is 4.79 Å². The van der Waals surface area contributed by atoms with Gasteiger partial charge in [-0.15, -0.1) is 11.8 Å². The minimum Gasteiger partial charge on any atom is -0.463 e. The summed E-state index contributed by atoms with van der Waals surface area (Å²) in [5, 5.41) is 1.50. The first kappa shape index (κ1) is 15.9. The van der Waals surface area contributed by atoms with E-state index in [2.05, 4.69) is 12.1 Å². The van der Waals surface area contributed by atoms with Crippen molar-refractivity contribution in [3.63, 3.8) is 0 Å². The zero-order chi connectivity index (χ0) is 15.5. The molecule has 0 radical (unpaired) electrons. The maximum Gasteiger partial charge on any atom is 0.334 e. The number of rotatable bonds is 4. The highest BCUT2D eigenvalue weighted by atomic mass is 35.5. The number of fused-ring (bicyclic) bond motifs is 1. The van der Waals surface area contributed by atoms with Gasteiger partial charge in [0.2, 0.25) is 0 Å². The van der Waals surface area contributed by atoms with Crippen molar-refractivity contribution >= 4 is 29.3 Å². The molecule has 0 spiro atoms. The number of benzene rings is 1. The largest absolute Gasteiger partial charge is 0.463 e.